The molecule has 0 aliphatic heterocycles. The Morgan fingerprint density at radius 2 is 1.00 bits per heavy atom. The Kier molecular flexibility index (Phi) is 6.14. The second-order valence-electron chi connectivity index (χ2n) is 6.35. The maximum atomic E-state index is 13.1. The van der Waals surface area contributed by atoms with Crippen LogP contribution in [0.3, 0.4) is 0 Å². The topological polar surface area (TPSA) is 46.0 Å². The lowest BCUT2D eigenvalue weighted by Gasteiger charge is -2.09. The molecule has 3 aromatic rings. The molecule has 0 fully saturated rings. The van der Waals surface area contributed by atoms with Gasteiger partial charge in [-0.1, -0.05) is 48.6 Å². The molecule has 31 heavy (non-hydrogen) atoms. The summed E-state index contributed by atoms with van der Waals surface area (Å²) in [4.78, 5) is 7.43. The third-order valence-electron chi connectivity index (χ3n) is 4.15. The fourth-order valence-corrected chi connectivity index (χ4v) is 2.79. The van der Waals surface area contributed by atoms with Gasteiger partial charge in [0.15, 0.2) is 0 Å². The van der Waals surface area contributed by atoms with Gasteiger partial charge in [-0.25, -0.2) is 0 Å². The number of hydrogen-bond donors (Lipinski definition) is 1. The van der Waals surface area contributed by atoms with Gasteiger partial charge in [-0.3, -0.25) is 0 Å². The van der Waals surface area contributed by atoms with E-state index in [9.17, 15) is 31.4 Å². The van der Waals surface area contributed by atoms with Crippen molar-refractivity contribution in [2.45, 2.75) is 12.4 Å². The third-order valence-corrected chi connectivity index (χ3v) is 4.15. The molecular formula is C22H14F6N2O. The van der Waals surface area contributed by atoms with E-state index in [2.05, 4.69) is 9.97 Å². The van der Waals surface area contributed by atoms with Crippen LogP contribution < -0.4 is 0 Å². The van der Waals surface area contributed by atoms with Gasteiger partial charge in [-0.2, -0.15) is 36.3 Å². The fourth-order valence-electron chi connectivity index (χ4n) is 2.79. The van der Waals surface area contributed by atoms with Crippen LogP contribution in [0.1, 0.15) is 33.6 Å². The number of halogens is 6. The summed E-state index contributed by atoms with van der Waals surface area (Å²) >= 11 is 0. The first kappa shape index (κ1) is 22.1. The van der Waals surface area contributed by atoms with Crippen LogP contribution in [0.5, 0.6) is 6.01 Å². The van der Waals surface area contributed by atoms with Crippen LogP contribution in [0.15, 0.2) is 54.6 Å². The minimum atomic E-state index is -4.55. The minimum Gasteiger partial charge on any atom is -0.479 e. The quantitative estimate of drug-likeness (QED) is 0.471. The summed E-state index contributed by atoms with van der Waals surface area (Å²) in [5, 5.41) is 9.71. The molecule has 0 amide bonds. The molecule has 0 aliphatic carbocycles. The van der Waals surface area contributed by atoms with Gasteiger partial charge in [0.05, 0.1) is 22.5 Å². The van der Waals surface area contributed by atoms with Crippen molar-refractivity contribution >= 4 is 24.3 Å². The fraction of sp³-hybridized carbons (Fsp3) is 0.0909. The molecular weight excluding hydrogens is 422 g/mol. The van der Waals surface area contributed by atoms with Gasteiger partial charge in [0.2, 0.25) is 0 Å². The standard InChI is InChI=1S/C22H14F6N2O/c23-21(24,25)18-7-3-1-5-14(18)9-11-16-13-17(30-20(31)29-16)12-10-15-6-2-4-8-19(15)22(26,27)28/h1-13H,(H,29,30,31)/b11-9+,12-10+. The predicted octanol–water partition coefficient (Wildman–Crippen LogP) is 6.56. The van der Waals surface area contributed by atoms with Gasteiger partial charge in [0.1, 0.15) is 0 Å². The summed E-state index contributed by atoms with van der Waals surface area (Å²) in [6, 6.07) is 10.5. The molecule has 1 heterocycles. The summed E-state index contributed by atoms with van der Waals surface area (Å²) in [7, 11) is 0. The number of nitrogens with zero attached hydrogens (tertiary/aromatic N) is 2. The summed E-state index contributed by atoms with van der Waals surface area (Å²) in [6.07, 6.45) is -4.25. The van der Waals surface area contributed by atoms with E-state index >= 15 is 0 Å². The van der Waals surface area contributed by atoms with E-state index in [4.69, 9.17) is 0 Å². The first-order valence-corrected chi connectivity index (χ1v) is 8.81. The molecule has 0 atom stereocenters. The minimum absolute atomic E-state index is 0.0771. The molecule has 160 valence electrons. The number of benzene rings is 2. The van der Waals surface area contributed by atoms with Crippen LogP contribution in [0.2, 0.25) is 0 Å². The van der Waals surface area contributed by atoms with Gasteiger partial charge in [0, 0.05) is 0 Å². The van der Waals surface area contributed by atoms with Crippen LogP contribution in [0, 0.1) is 0 Å². The number of rotatable bonds is 4. The van der Waals surface area contributed by atoms with Crippen molar-refractivity contribution in [2.24, 2.45) is 0 Å². The average molecular weight is 436 g/mol. The van der Waals surface area contributed by atoms with Gasteiger partial charge in [0.25, 0.3) is 0 Å². The SMILES string of the molecule is Oc1nc(/C=C/c2ccccc2C(F)(F)F)cc(/C=C/c2ccccc2C(F)(F)F)n1. The van der Waals surface area contributed by atoms with Gasteiger partial charge in [-0.05, 0) is 41.5 Å². The van der Waals surface area contributed by atoms with Crippen LogP contribution in [0.4, 0.5) is 26.3 Å². The molecule has 2 aromatic carbocycles. The van der Waals surface area contributed by atoms with Crippen LogP contribution >= 0.6 is 0 Å². The second kappa shape index (κ2) is 8.63. The molecule has 9 heteroatoms. The van der Waals surface area contributed by atoms with Crippen LogP contribution in [-0.2, 0) is 12.4 Å². The van der Waals surface area contributed by atoms with E-state index in [0.717, 1.165) is 12.1 Å². The Bertz CT molecular complexity index is 1050. The number of alkyl halides is 6. The Morgan fingerprint density at radius 3 is 1.39 bits per heavy atom. The third kappa shape index (κ3) is 5.71. The van der Waals surface area contributed by atoms with E-state index in [1.165, 1.54) is 66.8 Å². The lowest BCUT2D eigenvalue weighted by Crippen LogP contribution is -2.06. The smallest absolute Gasteiger partial charge is 0.416 e. The second-order valence-corrected chi connectivity index (χ2v) is 6.35. The highest BCUT2D eigenvalue weighted by Crippen LogP contribution is 2.33. The molecule has 0 saturated carbocycles. The van der Waals surface area contributed by atoms with Gasteiger partial charge in [-0.15, -0.1) is 0 Å². The normalized spacial score (nSPS) is 12.7. The highest BCUT2D eigenvalue weighted by Gasteiger charge is 2.33. The van der Waals surface area contributed by atoms with Crippen molar-refractivity contribution in [3.8, 4) is 6.01 Å². The van der Waals surface area contributed by atoms with E-state index in [1.54, 1.807) is 0 Å². The summed E-state index contributed by atoms with van der Waals surface area (Å²) in [6.45, 7) is 0. The highest BCUT2D eigenvalue weighted by molar-refractivity contribution is 5.73. The molecule has 1 N–H and O–H groups in total. The molecule has 0 radical (unpaired) electrons. The lowest BCUT2D eigenvalue weighted by atomic mass is 10.1. The number of hydrogen-bond acceptors (Lipinski definition) is 3. The zero-order chi connectivity index (χ0) is 22.6. The Balaban J connectivity index is 1.91. The molecule has 0 unspecified atom stereocenters. The van der Waals surface area contributed by atoms with Crippen molar-refractivity contribution in [2.75, 3.05) is 0 Å². The zero-order valence-electron chi connectivity index (χ0n) is 15.6. The Labute approximate surface area is 173 Å². The molecule has 0 bridgehead atoms. The van der Waals surface area contributed by atoms with E-state index < -0.39 is 29.5 Å². The number of aromatic nitrogens is 2. The highest BCUT2D eigenvalue weighted by atomic mass is 19.4. The summed E-state index contributed by atoms with van der Waals surface area (Å²) in [5.74, 6) is 0. The predicted molar refractivity (Wildman–Crippen MR) is 104 cm³/mol. The van der Waals surface area contributed by atoms with E-state index in [1.807, 2.05) is 0 Å². The Hall–Kier alpha value is -3.62. The van der Waals surface area contributed by atoms with Crippen molar-refractivity contribution in [1.29, 1.82) is 0 Å². The summed E-state index contributed by atoms with van der Waals surface area (Å²) in [5.41, 5.74) is -1.74. The zero-order valence-corrected chi connectivity index (χ0v) is 15.6. The first-order valence-electron chi connectivity index (χ1n) is 8.81. The van der Waals surface area contributed by atoms with Gasteiger partial charge >= 0.3 is 18.4 Å². The number of aromatic hydroxyl groups is 1. The molecule has 0 spiro atoms. The maximum absolute atomic E-state index is 13.1. The molecule has 3 rings (SSSR count). The van der Waals surface area contributed by atoms with Crippen molar-refractivity contribution < 1.29 is 31.4 Å². The molecule has 0 aliphatic rings. The molecule has 0 saturated heterocycles. The van der Waals surface area contributed by atoms with Crippen LogP contribution in [0.25, 0.3) is 24.3 Å². The lowest BCUT2D eigenvalue weighted by molar-refractivity contribution is -0.138. The van der Waals surface area contributed by atoms with Crippen LogP contribution in [-0.4, -0.2) is 15.1 Å². The summed E-state index contributed by atoms with van der Waals surface area (Å²) < 4.78 is 78.6. The largest absolute Gasteiger partial charge is 0.479 e. The van der Waals surface area contributed by atoms with E-state index in [0.29, 0.717) is 0 Å². The van der Waals surface area contributed by atoms with Gasteiger partial charge < -0.3 is 5.11 Å². The van der Waals surface area contributed by atoms with Crippen molar-refractivity contribution in [3.63, 3.8) is 0 Å². The average Bonchev–Trinajstić information content (AvgIpc) is 2.69. The first-order chi connectivity index (χ1) is 14.5. The van der Waals surface area contributed by atoms with E-state index in [-0.39, 0.29) is 22.5 Å². The monoisotopic (exact) mass is 436 g/mol. The molecule has 1 aromatic heterocycles. The van der Waals surface area contributed by atoms with Crippen molar-refractivity contribution in [1.82, 2.24) is 9.97 Å². The maximum Gasteiger partial charge on any atom is 0.416 e. The van der Waals surface area contributed by atoms with Crippen molar-refractivity contribution in [3.05, 3.63) is 88.2 Å². The Morgan fingerprint density at radius 1 is 0.613 bits per heavy atom. The molecule has 3 nitrogen and oxygen atoms in total.